The van der Waals surface area contributed by atoms with E-state index in [4.69, 9.17) is 14.2 Å². The van der Waals surface area contributed by atoms with Crippen molar-refractivity contribution in [1.82, 2.24) is 4.90 Å². The molecule has 0 aromatic heterocycles. The summed E-state index contributed by atoms with van der Waals surface area (Å²) < 4.78 is 16.6. The summed E-state index contributed by atoms with van der Waals surface area (Å²) in [5.41, 5.74) is 0. The highest BCUT2D eigenvalue weighted by atomic mass is 16.7. The first-order valence-corrected chi connectivity index (χ1v) is 20.1. The van der Waals surface area contributed by atoms with Crippen LogP contribution in [0.4, 0.5) is 4.79 Å². The van der Waals surface area contributed by atoms with Gasteiger partial charge in [0.1, 0.15) is 6.10 Å². The highest BCUT2D eigenvalue weighted by Gasteiger charge is 2.17. The fourth-order valence-electron chi connectivity index (χ4n) is 5.73. The molecule has 0 aromatic rings. The first-order valence-electron chi connectivity index (χ1n) is 20.1. The average molecular weight is 664 g/mol. The number of rotatable bonds is 35. The van der Waals surface area contributed by atoms with Crippen molar-refractivity contribution >= 4 is 12.1 Å². The van der Waals surface area contributed by atoms with Crippen LogP contribution in [0.2, 0.25) is 0 Å². The fraction of sp³-hybridized carbons (Fsp3) is 0.854. The van der Waals surface area contributed by atoms with Gasteiger partial charge in [-0.05, 0) is 70.9 Å². The van der Waals surface area contributed by atoms with Crippen molar-refractivity contribution in [1.29, 1.82) is 0 Å². The lowest BCUT2D eigenvalue weighted by Gasteiger charge is -2.19. The van der Waals surface area contributed by atoms with Gasteiger partial charge in [-0.1, -0.05) is 142 Å². The number of unbranched alkanes of at least 4 members (excludes halogenated alkanes) is 17. The minimum atomic E-state index is -0.599. The van der Waals surface area contributed by atoms with Gasteiger partial charge in [-0.25, -0.2) is 4.79 Å². The minimum Gasteiger partial charge on any atom is -0.466 e. The van der Waals surface area contributed by atoms with Crippen LogP contribution in [0.3, 0.4) is 0 Å². The van der Waals surface area contributed by atoms with Gasteiger partial charge in [0.15, 0.2) is 0 Å². The Bertz CT molecular complexity index is 733. The molecule has 0 N–H and O–H groups in total. The summed E-state index contributed by atoms with van der Waals surface area (Å²) in [6.45, 7) is 12.3. The molecule has 6 heteroatoms. The smallest absolute Gasteiger partial charge is 0.466 e. The molecule has 0 spiro atoms. The molecule has 0 aromatic carbocycles. The van der Waals surface area contributed by atoms with Crippen LogP contribution in [-0.2, 0) is 19.0 Å². The topological polar surface area (TPSA) is 65.1 Å². The second-order valence-corrected chi connectivity index (χ2v) is 13.2. The van der Waals surface area contributed by atoms with Crippen LogP contribution in [0.5, 0.6) is 0 Å². The molecule has 0 bridgehead atoms. The zero-order chi connectivity index (χ0) is 34.5. The van der Waals surface area contributed by atoms with Gasteiger partial charge in [-0.15, -0.1) is 0 Å². The van der Waals surface area contributed by atoms with Crippen LogP contribution >= 0.6 is 0 Å². The van der Waals surface area contributed by atoms with E-state index in [1.165, 1.54) is 89.9 Å². The van der Waals surface area contributed by atoms with E-state index in [2.05, 4.69) is 56.9 Å². The Morgan fingerprint density at radius 1 is 0.553 bits per heavy atom. The molecule has 0 amide bonds. The molecule has 0 radical (unpaired) electrons. The van der Waals surface area contributed by atoms with E-state index in [1.807, 2.05) is 0 Å². The molecule has 0 fully saturated rings. The average Bonchev–Trinajstić information content (AvgIpc) is 3.07. The van der Waals surface area contributed by atoms with Gasteiger partial charge in [0.2, 0.25) is 0 Å². The van der Waals surface area contributed by atoms with E-state index in [0.717, 1.165) is 77.4 Å². The zero-order valence-electron chi connectivity index (χ0n) is 31.6. The van der Waals surface area contributed by atoms with Gasteiger partial charge < -0.3 is 19.1 Å². The van der Waals surface area contributed by atoms with Gasteiger partial charge in [0.25, 0.3) is 0 Å². The second kappa shape index (κ2) is 37.0. The van der Waals surface area contributed by atoms with Crippen molar-refractivity contribution in [2.75, 3.05) is 32.8 Å². The molecule has 1 unspecified atom stereocenters. The SMILES string of the molecule is CCCCC/C=C/C/C=C/CCCCCCCC(=O)OCCC(CCCCCCCCCCCC)OC(=O)OCCCN(CC)CC. The predicted molar refractivity (Wildman–Crippen MR) is 200 cm³/mol. The van der Waals surface area contributed by atoms with Crippen LogP contribution in [-0.4, -0.2) is 56.0 Å². The molecule has 0 saturated heterocycles. The summed E-state index contributed by atoms with van der Waals surface area (Å²) in [6, 6.07) is 0. The summed E-state index contributed by atoms with van der Waals surface area (Å²) in [7, 11) is 0. The number of allylic oxidation sites excluding steroid dienone is 4. The highest BCUT2D eigenvalue weighted by molar-refractivity contribution is 5.69. The van der Waals surface area contributed by atoms with Crippen molar-refractivity contribution in [3.05, 3.63) is 24.3 Å². The first-order chi connectivity index (χ1) is 23.1. The van der Waals surface area contributed by atoms with Crippen molar-refractivity contribution in [3.8, 4) is 0 Å². The monoisotopic (exact) mass is 664 g/mol. The third kappa shape index (κ3) is 33.9. The van der Waals surface area contributed by atoms with E-state index >= 15 is 0 Å². The molecule has 47 heavy (non-hydrogen) atoms. The molecule has 1 atom stereocenters. The van der Waals surface area contributed by atoms with Crippen molar-refractivity contribution in [2.24, 2.45) is 0 Å². The number of nitrogens with zero attached hydrogens (tertiary/aromatic N) is 1. The number of ether oxygens (including phenoxy) is 3. The summed E-state index contributed by atoms with van der Waals surface area (Å²) in [5.74, 6) is -0.146. The maximum atomic E-state index is 12.4. The molecule has 0 aliphatic rings. The molecule has 0 aliphatic heterocycles. The molecule has 6 nitrogen and oxygen atoms in total. The second-order valence-electron chi connectivity index (χ2n) is 13.2. The largest absolute Gasteiger partial charge is 0.508 e. The van der Waals surface area contributed by atoms with Crippen LogP contribution in [0, 0.1) is 0 Å². The standard InChI is InChI=1S/C41H77NO5/c1-5-9-11-13-15-17-19-20-21-22-23-25-27-29-31-34-40(43)45-38-35-39(33-30-28-26-24-18-16-14-12-10-6-2)47-41(44)46-37-32-36-42(7-3)8-4/h15,17,20-21,39H,5-14,16,18-19,22-38H2,1-4H3/b17-15+,21-20+. The zero-order valence-corrected chi connectivity index (χ0v) is 31.6. The molecule has 0 aliphatic carbocycles. The minimum absolute atomic E-state index is 0.146. The lowest BCUT2D eigenvalue weighted by Crippen LogP contribution is -2.26. The van der Waals surface area contributed by atoms with Gasteiger partial charge in [-0.3, -0.25) is 4.79 Å². The third-order valence-electron chi connectivity index (χ3n) is 8.91. The molecular weight excluding hydrogens is 586 g/mol. The predicted octanol–water partition coefficient (Wildman–Crippen LogP) is 12.3. The Balaban J connectivity index is 4.17. The Morgan fingerprint density at radius 3 is 1.70 bits per heavy atom. The van der Waals surface area contributed by atoms with Crippen LogP contribution < -0.4 is 0 Å². The Labute approximate surface area is 291 Å². The molecule has 276 valence electrons. The van der Waals surface area contributed by atoms with Crippen molar-refractivity contribution in [3.63, 3.8) is 0 Å². The number of hydrogen-bond donors (Lipinski definition) is 0. The van der Waals surface area contributed by atoms with E-state index in [9.17, 15) is 9.59 Å². The maximum absolute atomic E-state index is 12.4. The fourth-order valence-corrected chi connectivity index (χ4v) is 5.73. The number of hydrogen-bond acceptors (Lipinski definition) is 6. The Morgan fingerprint density at radius 2 is 1.09 bits per heavy atom. The van der Waals surface area contributed by atoms with E-state index in [1.54, 1.807) is 0 Å². The summed E-state index contributed by atoms with van der Waals surface area (Å²) in [5, 5.41) is 0. The van der Waals surface area contributed by atoms with Crippen LogP contribution in [0.25, 0.3) is 0 Å². The van der Waals surface area contributed by atoms with E-state index in [0.29, 0.717) is 19.4 Å². The van der Waals surface area contributed by atoms with Crippen molar-refractivity contribution in [2.45, 2.75) is 194 Å². The van der Waals surface area contributed by atoms with E-state index < -0.39 is 6.16 Å². The van der Waals surface area contributed by atoms with Gasteiger partial charge >= 0.3 is 12.1 Å². The van der Waals surface area contributed by atoms with Gasteiger partial charge in [0.05, 0.1) is 13.2 Å². The molecule has 0 rings (SSSR count). The number of carbonyl (C=O) groups is 2. The summed E-state index contributed by atoms with van der Waals surface area (Å²) in [4.78, 5) is 27.1. The summed E-state index contributed by atoms with van der Waals surface area (Å²) in [6.07, 6.45) is 36.3. The van der Waals surface area contributed by atoms with Crippen molar-refractivity contribution < 1.29 is 23.8 Å². The quantitative estimate of drug-likeness (QED) is 0.0382. The van der Waals surface area contributed by atoms with E-state index in [-0.39, 0.29) is 18.7 Å². The maximum Gasteiger partial charge on any atom is 0.508 e. The summed E-state index contributed by atoms with van der Waals surface area (Å²) >= 11 is 0. The number of esters is 1. The third-order valence-corrected chi connectivity index (χ3v) is 8.91. The highest BCUT2D eigenvalue weighted by Crippen LogP contribution is 2.16. The van der Waals surface area contributed by atoms with Gasteiger partial charge in [0, 0.05) is 19.4 Å². The molecule has 0 heterocycles. The molecule has 0 saturated carbocycles. The van der Waals surface area contributed by atoms with Crippen LogP contribution in [0.15, 0.2) is 24.3 Å². The number of carbonyl (C=O) groups excluding carboxylic acids is 2. The lowest BCUT2D eigenvalue weighted by atomic mass is 10.0. The van der Waals surface area contributed by atoms with Gasteiger partial charge in [-0.2, -0.15) is 0 Å². The normalized spacial score (nSPS) is 12.4. The van der Waals surface area contributed by atoms with Crippen LogP contribution in [0.1, 0.15) is 188 Å². The first kappa shape index (κ1) is 45.2. The Hall–Kier alpha value is -1.82. The molecular formula is C41H77NO5. The lowest BCUT2D eigenvalue weighted by molar-refractivity contribution is -0.144. The Kier molecular flexibility index (Phi) is 35.6.